The summed E-state index contributed by atoms with van der Waals surface area (Å²) in [4.78, 5) is 11.9. The summed E-state index contributed by atoms with van der Waals surface area (Å²) in [6.07, 6.45) is -8.57. The smallest absolute Gasteiger partial charge is 0.464 e. The number of hydrogen-bond acceptors (Lipinski definition) is 6. The number of methoxy groups -OCH3 is 1. The van der Waals surface area contributed by atoms with Crippen LogP contribution < -0.4 is 15.2 Å². The van der Waals surface area contributed by atoms with E-state index in [1.807, 2.05) is 0 Å². The SMILES string of the molecule is COC(=O)c1c(N)c(C#N)cn1-c1ccc2c(c1)OC(F)(F)C(F)(F)O2. The van der Waals surface area contributed by atoms with Gasteiger partial charge in [0.1, 0.15) is 6.07 Å². The highest BCUT2D eigenvalue weighted by molar-refractivity contribution is 5.96. The van der Waals surface area contributed by atoms with Gasteiger partial charge in [-0.05, 0) is 12.1 Å². The van der Waals surface area contributed by atoms with E-state index in [0.29, 0.717) is 0 Å². The molecule has 0 atom stereocenters. The van der Waals surface area contributed by atoms with Crippen LogP contribution in [0.15, 0.2) is 24.4 Å². The quantitative estimate of drug-likeness (QED) is 0.644. The second kappa shape index (κ2) is 5.55. The number of carbonyl (C=O) groups excluding carboxylic acids is 1. The lowest BCUT2D eigenvalue weighted by atomic mass is 10.2. The maximum atomic E-state index is 13.3. The van der Waals surface area contributed by atoms with Gasteiger partial charge in [-0.3, -0.25) is 0 Å². The van der Waals surface area contributed by atoms with Crippen molar-refractivity contribution in [1.29, 1.82) is 5.26 Å². The zero-order chi connectivity index (χ0) is 19.3. The van der Waals surface area contributed by atoms with Gasteiger partial charge < -0.3 is 24.5 Å². The molecule has 2 aromatic rings. The molecule has 1 aliphatic rings. The summed E-state index contributed by atoms with van der Waals surface area (Å²) in [6.45, 7) is 0. The number of nitriles is 1. The highest BCUT2D eigenvalue weighted by atomic mass is 19.3. The van der Waals surface area contributed by atoms with E-state index >= 15 is 0 Å². The van der Waals surface area contributed by atoms with E-state index in [1.165, 1.54) is 12.3 Å². The fourth-order valence-electron chi connectivity index (χ4n) is 2.32. The van der Waals surface area contributed by atoms with Gasteiger partial charge in [0.25, 0.3) is 0 Å². The van der Waals surface area contributed by atoms with Crippen LogP contribution in [0.25, 0.3) is 5.69 Å². The maximum absolute atomic E-state index is 13.3. The minimum Gasteiger partial charge on any atom is -0.464 e. The summed E-state index contributed by atoms with van der Waals surface area (Å²) in [5.74, 6) is -2.19. The fraction of sp³-hybridized carbons (Fsp3) is 0.200. The summed E-state index contributed by atoms with van der Waals surface area (Å²) >= 11 is 0. The molecule has 1 aromatic carbocycles. The molecule has 0 saturated heterocycles. The summed E-state index contributed by atoms with van der Waals surface area (Å²) in [6, 6.07) is 4.84. The van der Waals surface area contributed by atoms with E-state index in [2.05, 4.69) is 14.2 Å². The number of nitrogens with zero attached hydrogens (tertiary/aromatic N) is 2. The average molecular weight is 371 g/mol. The molecule has 0 amide bonds. The van der Waals surface area contributed by atoms with E-state index in [1.54, 1.807) is 6.07 Å². The standard InChI is InChI=1S/C15H9F4N3O4/c1-24-13(23)12-11(21)7(5-20)6-22(12)8-2-3-9-10(4-8)26-15(18,19)14(16,17)25-9/h2-4,6H,21H2,1H3. The molecule has 7 nitrogen and oxygen atoms in total. The molecule has 26 heavy (non-hydrogen) atoms. The number of alkyl halides is 4. The van der Waals surface area contributed by atoms with Crippen molar-refractivity contribution in [2.75, 3.05) is 12.8 Å². The van der Waals surface area contributed by atoms with Gasteiger partial charge in [0, 0.05) is 18.0 Å². The summed E-state index contributed by atoms with van der Waals surface area (Å²) in [5.41, 5.74) is 5.26. The molecule has 1 aromatic heterocycles. The Morgan fingerprint density at radius 3 is 2.42 bits per heavy atom. The molecule has 2 heterocycles. The van der Waals surface area contributed by atoms with Crippen LogP contribution in [0.3, 0.4) is 0 Å². The van der Waals surface area contributed by atoms with E-state index in [-0.39, 0.29) is 22.6 Å². The third-order valence-corrected chi connectivity index (χ3v) is 3.56. The van der Waals surface area contributed by atoms with Crippen molar-refractivity contribution in [3.63, 3.8) is 0 Å². The average Bonchev–Trinajstić information content (AvgIpc) is 2.90. The summed E-state index contributed by atoms with van der Waals surface area (Å²) in [7, 11) is 1.08. The van der Waals surface area contributed by atoms with Crippen LogP contribution in [0.5, 0.6) is 11.5 Å². The van der Waals surface area contributed by atoms with Gasteiger partial charge in [0.05, 0.1) is 18.4 Å². The molecule has 3 rings (SSSR count). The van der Waals surface area contributed by atoms with Crippen molar-refractivity contribution in [2.24, 2.45) is 0 Å². The van der Waals surface area contributed by atoms with Gasteiger partial charge in [-0.15, -0.1) is 0 Å². The number of aromatic nitrogens is 1. The molecular weight excluding hydrogens is 362 g/mol. The molecule has 0 aliphatic carbocycles. The first-order valence-electron chi connectivity index (χ1n) is 6.88. The van der Waals surface area contributed by atoms with E-state index in [4.69, 9.17) is 11.0 Å². The zero-order valence-corrected chi connectivity index (χ0v) is 12.9. The number of fused-ring (bicyclic) bond motifs is 1. The molecular formula is C15H9F4N3O4. The molecule has 0 saturated carbocycles. The Kier molecular flexibility index (Phi) is 3.72. The van der Waals surface area contributed by atoms with Crippen molar-refractivity contribution in [1.82, 2.24) is 4.57 Å². The Bertz CT molecular complexity index is 949. The van der Waals surface area contributed by atoms with Crippen LogP contribution in [0.4, 0.5) is 23.2 Å². The molecule has 0 fully saturated rings. The number of rotatable bonds is 2. The normalized spacial score (nSPS) is 16.6. The number of benzene rings is 1. The Morgan fingerprint density at radius 2 is 1.85 bits per heavy atom. The molecule has 2 N–H and O–H groups in total. The summed E-state index contributed by atoms with van der Waals surface area (Å²) < 4.78 is 66.8. The third-order valence-electron chi connectivity index (χ3n) is 3.56. The first kappa shape index (κ1) is 17.4. The zero-order valence-electron chi connectivity index (χ0n) is 12.9. The van der Waals surface area contributed by atoms with Gasteiger partial charge in [-0.25, -0.2) is 4.79 Å². The Hall–Kier alpha value is -3.42. The van der Waals surface area contributed by atoms with Crippen LogP contribution >= 0.6 is 0 Å². The number of ether oxygens (including phenoxy) is 3. The number of esters is 1. The van der Waals surface area contributed by atoms with Crippen molar-refractivity contribution >= 4 is 11.7 Å². The lowest BCUT2D eigenvalue weighted by Crippen LogP contribution is -2.52. The predicted molar refractivity (Wildman–Crippen MR) is 77.4 cm³/mol. The van der Waals surface area contributed by atoms with Gasteiger partial charge in [-0.2, -0.15) is 22.8 Å². The number of halogens is 4. The predicted octanol–water partition coefficient (Wildman–Crippen LogP) is 2.67. The van der Waals surface area contributed by atoms with Crippen molar-refractivity contribution in [2.45, 2.75) is 12.2 Å². The molecule has 0 bridgehead atoms. The van der Waals surface area contributed by atoms with Crippen LogP contribution in [-0.4, -0.2) is 29.9 Å². The van der Waals surface area contributed by atoms with Crippen LogP contribution in [0, 0.1) is 11.3 Å². The molecule has 1 aliphatic heterocycles. The maximum Gasteiger partial charge on any atom is 0.507 e. The second-order valence-electron chi connectivity index (χ2n) is 5.15. The Morgan fingerprint density at radius 1 is 1.23 bits per heavy atom. The molecule has 0 radical (unpaired) electrons. The number of anilines is 1. The lowest BCUT2D eigenvalue weighted by Gasteiger charge is -2.32. The van der Waals surface area contributed by atoms with E-state index < -0.39 is 29.7 Å². The fourth-order valence-corrected chi connectivity index (χ4v) is 2.32. The molecule has 11 heteroatoms. The first-order valence-corrected chi connectivity index (χ1v) is 6.88. The largest absolute Gasteiger partial charge is 0.507 e. The topological polar surface area (TPSA) is 99.5 Å². The highest BCUT2D eigenvalue weighted by Crippen LogP contribution is 2.47. The number of hydrogen-bond donors (Lipinski definition) is 1. The molecule has 136 valence electrons. The second-order valence-corrected chi connectivity index (χ2v) is 5.15. The van der Waals surface area contributed by atoms with Gasteiger partial charge >= 0.3 is 18.2 Å². The number of nitrogen functional groups attached to an aromatic ring is 1. The minimum absolute atomic E-state index is 0.0296. The molecule has 0 spiro atoms. The van der Waals surface area contributed by atoms with Crippen molar-refractivity contribution < 1.29 is 36.6 Å². The first-order chi connectivity index (χ1) is 12.1. The summed E-state index contributed by atoms with van der Waals surface area (Å²) in [5, 5.41) is 9.05. The monoisotopic (exact) mass is 371 g/mol. The van der Waals surface area contributed by atoms with Gasteiger partial charge in [-0.1, -0.05) is 0 Å². The van der Waals surface area contributed by atoms with E-state index in [0.717, 1.165) is 23.8 Å². The minimum atomic E-state index is -4.89. The lowest BCUT2D eigenvalue weighted by molar-refractivity contribution is -0.391. The Labute approximate surface area is 143 Å². The van der Waals surface area contributed by atoms with E-state index in [9.17, 15) is 22.4 Å². The highest BCUT2D eigenvalue weighted by Gasteiger charge is 2.65. The van der Waals surface area contributed by atoms with Gasteiger partial charge in [0.15, 0.2) is 17.2 Å². The van der Waals surface area contributed by atoms with Crippen LogP contribution in [0.2, 0.25) is 0 Å². The Balaban J connectivity index is 2.14. The molecule has 0 unspecified atom stereocenters. The third kappa shape index (κ3) is 2.46. The number of carbonyl (C=O) groups is 1. The van der Waals surface area contributed by atoms with Crippen molar-refractivity contribution in [3.8, 4) is 23.3 Å². The van der Waals surface area contributed by atoms with Crippen molar-refractivity contribution in [3.05, 3.63) is 35.7 Å². The van der Waals surface area contributed by atoms with Crippen LogP contribution in [-0.2, 0) is 4.74 Å². The number of nitrogens with two attached hydrogens (primary N) is 1. The van der Waals surface area contributed by atoms with Crippen LogP contribution in [0.1, 0.15) is 16.1 Å². The van der Waals surface area contributed by atoms with Gasteiger partial charge in [0.2, 0.25) is 0 Å².